The van der Waals surface area contributed by atoms with E-state index in [0.717, 1.165) is 5.56 Å². The fourth-order valence-electron chi connectivity index (χ4n) is 1.31. The zero-order valence-electron chi connectivity index (χ0n) is 9.93. The average molecular weight is 237 g/mol. The first-order valence-corrected chi connectivity index (χ1v) is 5.80. The predicted molar refractivity (Wildman–Crippen MR) is 65.3 cm³/mol. The number of rotatable bonds is 8. The van der Waals surface area contributed by atoms with E-state index in [-0.39, 0.29) is 5.97 Å². The zero-order valence-corrected chi connectivity index (χ0v) is 9.93. The van der Waals surface area contributed by atoms with Crippen LogP contribution in [0.1, 0.15) is 18.4 Å². The molecule has 17 heavy (non-hydrogen) atoms. The van der Waals surface area contributed by atoms with Crippen LogP contribution in [0, 0.1) is 0 Å². The SMILES string of the molecule is NCCOCCCC(=O)OCc1ccccc1. The molecule has 0 spiro atoms. The fourth-order valence-corrected chi connectivity index (χ4v) is 1.31. The van der Waals surface area contributed by atoms with E-state index in [2.05, 4.69) is 0 Å². The van der Waals surface area contributed by atoms with Crippen molar-refractivity contribution >= 4 is 5.97 Å². The van der Waals surface area contributed by atoms with E-state index in [9.17, 15) is 4.79 Å². The number of benzene rings is 1. The lowest BCUT2D eigenvalue weighted by Crippen LogP contribution is -2.10. The number of esters is 1. The third kappa shape index (κ3) is 6.71. The molecule has 0 aliphatic carbocycles. The van der Waals surface area contributed by atoms with Crippen molar-refractivity contribution in [1.29, 1.82) is 0 Å². The van der Waals surface area contributed by atoms with Crippen molar-refractivity contribution in [2.45, 2.75) is 19.4 Å². The topological polar surface area (TPSA) is 61.5 Å². The number of nitrogens with two attached hydrogens (primary N) is 1. The second kappa shape index (κ2) is 8.73. The minimum Gasteiger partial charge on any atom is -0.461 e. The van der Waals surface area contributed by atoms with Crippen molar-refractivity contribution in [3.8, 4) is 0 Å². The van der Waals surface area contributed by atoms with Gasteiger partial charge in [-0.1, -0.05) is 30.3 Å². The van der Waals surface area contributed by atoms with Gasteiger partial charge in [0, 0.05) is 19.6 Å². The maximum Gasteiger partial charge on any atom is 0.306 e. The van der Waals surface area contributed by atoms with Gasteiger partial charge < -0.3 is 15.2 Å². The highest BCUT2D eigenvalue weighted by molar-refractivity contribution is 5.69. The van der Waals surface area contributed by atoms with E-state index in [1.807, 2.05) is 30.3 Å². The fraction of sp³-hybridized carbons (Fsp3) is 0.462. The minimum atomic E-state index is -0.190. The van der Waals surface area contributed by atoms with E-state index in [4.69, 9.17) is 15.2 Å². The van der Waals surface area contributed by atoms with Crippen LogP contribution in [0.4, 0.5) is 0 Å². The average Bonchev–Trinajstić information content (AvgIpc) is 2.37. The van der Waals surface area contributed by atoms with Crippen molar-refractivity contribution < 1.29 is 14.3 Å². The molecule has 0 aliphatic heterocycles. The Morgan fingerprint density at radius 2 is 1.94 bits per heavy atom. The maximum atomic E-state index is 11.3. The minimum absolute atomic E-state index is 0.190. The van der Waals surface area contributed by atoms with Crippen molar-refractivity contribution in [3.05, 3.63) is 35.9 Å². The predicted octanol–water partition coefficient (Wildman–Crippen LogP) is 1.49. The van der Waals surface area contributed by atoms with Gasteiger partial charge in [-0.2, -0.15) is 0 Å². The van der Waals surface area contributed by atoms with Crippen LogP contribution in [0.2, 0.25) is 0 Å². The summed E-state index contributed by atoms with van der Waals surface area (Å²) in [6.07, 6.45) is 1.06. The van der Waals surface area contributed by atoms with E-state index < -0.39 is 0 Å². The van der Waals surface area contributed by atoms with Crippen LogP contribution in [0.15, 0.2) is 30.3 Å². The molecule has 4 nitrogen and oxygen atoms in total. The van der Waals surface area contributed by atoms with Gasteiger partial charge in [0.15, 0.2) is 0 Å². The lowest BCUT2D eigenvalue weighted by atomic mass is 10.2. The Morgan fingerprint density at radius 3 is 2.65 bits per heavy atom. The summed E-state index contributed by atoms with van der Waals surface area (Å²) < 4.78 is 10.3. The first-order chi connectivity index (χ1) is 8.33. The van der Waals surface area contributed by atoms with Crippen molar-refractivity contribution in [2.24, 2.45) is 5.73 Å². The summed E-state index contributed by atoms with van der Waals surface area (Å²) in [7, 11) is 0. The Morgan fingerprint density at radius 1 is 1.18 bits per heavy atom. The van der Waals surface area contributed by atoms with E-state index in [1.165, 1.54) is 0 Å². The van der Waals surface area contributed by atoms with Crippen molar-refractivity contribution in [1.82, 2.24) is 0 Å². The molecule has 0 amide bonds. The molecule has 0 aliphatic rings. The molecule has 0 fully saturated rings. The molecule has 0 atom stereocenters. The van der Waals surface area contributed by atoms with Crippen LogP contribution in [0.25, 0.3) is 0 Å². The van der Waals surface area contributed by atoms with Gasteiger partial charge in [-0.05, 0) is 12.0 Å². The number of ether oxygens (including phenoxy) is 2. The summed E-state index contributed by atoms with van der Waals surface area (Å²) in [6.45, 7) is 1.94. The largest absolute Gasteiger partial charge is 0.461 e. The molecule has 0 saturated heterocycles. The van der Waals surface area contributed by atoms with Crippen molar-refractivity contribution in [2.75, 3.05) is 19.8 Å². The first-order valence-electron chi connectivity index (χ1n) is 5.80. The highest BCUT2D eigenvalue weighted by atomic mass is 16.5. The molecule has 0 bridgehead atoms. The van der Waals surface area contributed by atoms with Gasteiger partial charge in [0.2, 0.25) is 0 Å². The molecule has 2 N–H and O–H groups in total. The molecular formula is C13H19NO3. The van der Waals surface area contributed by atoms with Crippen LogP contribution in [-0.4, -0.2) is 25.7 Å². The van der Waals surface area contributed by atoms with Gasteiger partial charge in [-0.3, -0.25) is 4.79 Å². The Labute approximate surface area is 102 Å². The van der Waals surface area contributed by atoms with Gasteiger partial charge in [0.25, 0.3) is 0 Å². The number of carbonyl (C=O) groups excluding carboxylic acids is 1. The lowest BCUT2D eigenvalue weighted by Gasteiger charge is -2.05. The van der Waals surface area contributed by atoms with Crippen LogP contribution < -0.4 is 5.73 Å². The van der Waals surface area contributed by atoms with Gasteiger partial charge in [-0.25, -0.2) is 0 Å². The number of hydrogen-bond acceptors (Lipinski definition) is 4. The molecule has 0 aromatic heterocycles. The highest BCUT2D eigenvalue weighted by Gasteiger charge is 2.02. The zero-order chi connectivity index (χ0) is 12.3. The summed E-state index contributed by atoms with van der Waals surface area (Å²) in [5, 5.41) is 0. The first kappa shape index (κ1) is 13.7. The monoisotopic (exact) mass is 237 g/mol. The lowest BCUT2D eigenvalue weighted by molar-refractivity contribution is -0.145. The molecule has 4 heteroatoms. The third-order valence-electron chi connectivity index (χ3n) is 2.17. The standard InChI is InChI=1S/C13H19NO3/c14-8-10-16-9-4-7-13(15)17-11-12-5-2-1-3-6-12/h1-3,5-6H,4,7-11,14H2. The number of carbonyl (C=O) groups is 1. The van der Waals surface area contributed by atoms with E-state index in [0.29, 0.717) is 39.2 Å². The Bertz CT molecular complexity index is 314. The van der Waals surface area contributed by atoms with Crippen LogP contribution in [-0.2, 0) is 20.9 Å². The van der Waals surface area contributed by atoms with Gasteiger partial charge >= 0.3 is 5.97 Å². The summed E-state index contributed by atoms with van der Waals surface area (Å²) in [6, 6.07) is 9.63. The number of hydrogen-bond donors (Lipinski definition) is 1. The second-order valence-corrected chi connectivity index (χ2v) is 3.65. The quantitative estimate of drug-likeness (QED) is 0.549. The molecule has 0 unspecified atom stereocenters. The molecular weight excluding hydrogens is 218 g/mol. The summed E-state index contributed by atoms with van der Waals surface area (Å²) >= 11 is 0. The smallest absolute Gasteiger partial charge is 0.306 e. The molecule has 94 valence electrons. The molecule has 0 saturated carbocycles. The Kier molecular flexibility index (Phi) is 7.02. The Balaban J connectivity index is 2.05. The second-order valence-electron chi connectivity index (χ2n) is 3.65. The van der Waals surface area contributed by atoms with Crippen LogP contribution in [0.5, 0.6) is 0 Å². The van der Waals surface area contributed by atoms with Crippen LogP contribution in [0.3, 0.4) is 0 Å². The highest BCUT2D eigenvalue weighted by Crippen LogP contribution is 2.02. The summed E-state index contributed by atoms with van der Waals surface area (Å²) in [5.41, 5.74) is 6.27. The van der Waals surface area contributed by atoms with Crippen molar-refractivity contribution in [3.63, 3.8) is 0 Å². The third-order valence-corrected chi connectivity index (χ3v) is 2.17. The van der Waals surface area contributed by atoms with Gasteiger partial charge in [-0.15, -0.1) is 0 Å². The summed E-state index contributed by atoms with van der Waals surface area (Å²) in [5.74, 6) is -0.190. The van der Waals surface area contributed by atoms with E-state index >= 15 is 0 Å². The van der Waals surface area contributed by atoms with Gasteiger partial charge in [0.05, 0.1) is 6.61 Å². The normalized spacial score (nSPS) is 10.2. The molecule has 1 aromatic carbocycles. The van der Waals surface area contributed by atoms with E-state index in [1.54, 1.807) is 0 Å². The van der Waals surface area contributed by atoms with Gasteiger partial charge in [0.1, 0.15) is 6.61 Å². The molecule has 1 aromatic rings. The molecule has 0 radical (unpaired) electrons. The summed E-state index contributed by atoms with van der Waals surface area (Å²) in [4.78, 5) is 11.3. The molecule has 0 heterocycles. The van der Waals surface area contributed by atoms with Crippen LogP contribution >= 0.6 is 0 Å². The Hall–Kier alpha value is -1.39. The molecule has 1 rings (SSSR count). The maximum absolute atomic E-state index is 11.3.